The fourth-order valence-electron chi connectivity index (χ4n) is 6.23. The van der Waals surface area contributed by atoms with E-state index in [1.54, 1.807) is 42.5 Å². The Morgan fingerprint density at radius 2 is 1.89 bits per heavy atom. The number of carbonyl (C=O) groups excluding carboxylic acids is 3. The molecule has 4 aliphatic rings. The van der Waals surface area contributed by atoms with Crippen molar-refractivity contribution in [3.8, 4) is 0 Å². The summed E-state index contributed by atoms with van der Waals surface area (Å²) in [5.41, 5.74) is -1.96. The zero-order chi connectivity index (χ0) is 25.0. The van der Waals surface area contributed by atoms with E-state index in [-0.39, 0.29) is 31.6 Å². The molecule has 186 valence electrons. The molecule has 5 rings (SSSR count). The molecule has 1 N–H and O–H groups in total. The second kappa shape index (κ2) is 8.76. The first-order valence-corrected chi connectivity index (χ1v) is 12.4. The molecule has 2 fully saturated rings. The number of anilines is 1. The van der Waals surface area contributed by atoms with Gasteiger partial charge in [-0.05, 0) is 31.1 Å². The summed E-state index contributed by atoms with van der Waals surface area (Å²) in [6.07, 6.45) is 7.97. The van der Waals surface area contributed by atoms with Crippen LogP contribution < -0.4 is 4.90 Å². The topological polar surface area (TPSA) is 96.4 Å². The number of cyclic esters (lactones) is 1. The van der Waals surface area contributed by atoms with Crippen molar-refractivity contribution in [1.29, 1.82) is 0 Å². The van der Waals surface area contributed by atoms with Crippen molar-refractivity contribution in [2.24, 2.45) is 11.8 Å². The molecule has 0 aliphatic carbocycles. The average molecular weight is 501 g/mol. The molecule has 1 spiro atoms. The maximum atomic E-state index is 14.3. The molecule has 6 atom stereocenters. The number of rotatable bonds is 5. The van der Waals surface area contributed by atoms with E-state index in [9.17, 15) is 19.5 Å². The van der Waals surface area contributed by atoms with Crippen LogP contribution >= 0.6 is 11.6 Å². The van der Waals surface area contributed by atoms with E-state index in [1.807, 2.05) is 19.9 Å². The molecule has 0 aromatic heterocycles. The van der Waals surface area contributed by atoms with E-state index in [1.165, 1.54) is 9.80 Å². The Kier molecular flexibility index (Phi) is 6.02. The summed E-state index contributed by atoms with van der Waals surface area (Å²) in [5, 5.41) is 10.6. The number of carbonyl (C=O) groups is 3. The minimum absolute atomic E-state index is 0.102. The molecule has 35 heavy (non-hydrogen) atoms. The van der Waals surface area contributed by atoms with E-state index in [4.69, 9.17) is 21.1 Å². The monoisotopic (exact) mass is 500 g/mol. The van der Waals surface area contributed by atoms with Crippen molar-refractivity contribution >= 4 is 35.1 Å². The highest BCUT2D eigenvalue weighted by molar-refractivity contribution is 6.34. The number of likely N-dealkylation sites (tertiary alicyclic amines) is 1. The minimum atomic E-state index is -1.39. The second-order valence-corrected chi connectivity index (χ2v) is 9.85. The smallest absolute Gasteiger partial charge is 0.313 e. The second-order valence-electron chi connectivity index (χ2n) is 9.45. The summed E-state index contributed by atoms with van der Waals surface area (Å²) in [6.45, 7) is 3.74. The van der Waals surface area contributed by atoms with Crippen LogP contribution in [0.15, 0.2) is 48.6 Å². The fourth-order valence-corrected chi connectivity index (χ4v) is 6.47. The van der Waals surface area contributed by atoms with Crippen molar-refractivity contribution < 1.29 is 29.0 Å². The molecule has 0 radical (unpaired) electrons. The van der Waals surface area contributed by atoms with Crippen LogP contribution in [0.4, 0.5) is 5.69 Å². The van der Waals surface area contributed by atoms with Crippen LogP contribution in [0, 0.1) is 11.8 Å². The molecular formula is C26H29ClN2O6. The number of fused-ring (bicyclic) bond motifs is 2. The van der Waals surface area contributed by atoms with Crippen LogP contribution in [-0.4, -0.2) is 70.8 Å². The molecule has 9 heteroatoms. The van der Waals surface area contributed by atoms with Gasteiger partial charge in [-0.3, -0.25) is 14.4 Å². The van der Waals surface area contributed by atoms with Gasteiger partial charge in [-0.1, -0.05) is 55.8 Å². The predicted octanol–water partition coefficient (Wildman–Crippen LogP) is 2.49. The maximum Gasteiger partial charge on any atom is 0.313 e. The molecule has 1 aromatic rings. The Labute approximate surface area is 209 Å². The third-order valence-electron chi connectivity index (χ3n) is 7.85. The lowest BCUT2D eigenvalue weighted by Crippen LogP contribution is -2.59. The van der Waals surface area contributed by atoms with Crippen molar-refractivity contribution in [2.45, 2.75) is 50.0 Å². The Balaban J connectivity index is 1.71. The van der Waals surface area contributed by atoms with E-state index in [0.29, 0.717) is 23.6 Å². The summed E-state index contributed by atoms with van der Waals surface area (Å²) in [5.74, 6) is -3.15. The van der Waals surface area contributed by atoms with Crippen LogP contribution in [0.2, 0.25) is 5.02 Å². The van der Waals surface area contributed by atoms with E-state index >= 15 is 0 Å². The summed E-state index contributed by atoms with van der Waals surface area (Å²) >= 11 is 6.45. The number of nitrogens with zero attached hydrogens (tertiary/aromatic N) is 2. The van der Waals surface area contributed by atoms with Gasteiger partial charge in [-0.15, -0.1) is 0 Å². The number of amides is 2. The molecule has 1 unspecified atom stereocenters. The lowest BCUT2D eigenvalue weighted by Gasteiger charge is -2.40. The van der Waals surface area contributed by atoms with Gasteiger partial charge >= 0.3 is 5.97 Å². The summed E-state index contributed by atoms with van der Waals surface area (Å²) < 4.78 is 12.2. The summed E-state index contributed by atoms with van der Waals surface area (Å²) in [4.78, 5) is 44.6. The predicted molar refractivity (Wildman–Crippen MR) is 129 cm³/mol. The molecule has 0 bridgehead atoms. The number of esters is 1. The Morgan fingerprint density at radius 3 is 2.57 bits per heavy atom. The zero-order valence-electron chi connectivity index (χ0n) is 19.7. The fraction of sp³-hybridized carbons (Fsp3) is 0.500. The molecule has 0 saturated carbocycles. The van der Waals surface area contributed by atoms with Gasteiger partial charge in [0.25, 0.3) is 5.91 Å². The lowest BCUT2D eigenvalue weighted by molar-refractivity contribution is -0.159. The number of para-hydroxylation sites is 1. The third kappa shape index (κ3) is 3.30. The molecular weight excluding hydrogens is 472 g/mol. The highest BCUT2D eigenvalue weighted by Crippen LogP contribution is 2.59. The molecule has 2 amide bonds. The molecule has 4 aliphatic heterocycles. The lowest BCUT2D eigenvalue weighted by atomic mass is 9.73. The SMILES string of the molecule is CC[C@@H](CO)N1C(=O)[C@@H]2[C@H]3C(=O)OCC=C[C@@]3(CC)O[C@@]23C=CCN(c2ccccc2Cl)C(=O)C13. The van der Waals surface area contributed by atoms with Crippen LogP contribution in [-0.2, 0) is 23.9 Å². The Morgan fingerprint density at radius 1 is 1.11 bits per heavy atom. The largest absolute Gasteiger partial charge is 0.461 e. The standard InChI is InChI=1S/C26H29ClN2O6/c1-3-16(15-30)29-21-23(32)28(18-10-6-5-9-17(18)27)13-7-12-26(21)19(22(29)31)20-24(33)34-14-8-11-25(20,4-2)35-26/h5-12,16,19-21,30H,3-4,13-15H2,1-2H3/t16-,19-,20-,21?,25+,26-/m0/s1. The average Bonchev–Trinajstić information content (AvgIpc) is 3.13. The molecule has 1 aromatic carbocycles. The quantitative estimate of drug-likeness (QED) is 0.493. The van der Waals surface area contributed by atoms with Gasteiger partial charge in [-0.25, -0.2) is 0 Å². The van der Waals surface area contributed by atoms with Crippen LogP contribution in [0.3, 0.4) is 0 Å². The molecule has 8 nitrogen and oxygen atoms in total. The van der Waals surface area contributed by atoms with Crippen LogP contribution in [0.25, 0.3) is 0 Å². The van der Waals surface area contributed by atoms with Crippen LogP contribution in [0.5, 0.6) is 0 Å². The normalized spacial score (nSPS) is 34.7. The molecule has 2 saturated heterocycles. The number of aliphatic hydroxyl groups is 1. The first-order valence-electron chi connectivity index (χ1n) is 12.1. The van der Waals surface area contributed by atoms with E-state index in [2.05, 4.69) is 0 Å². The highest BCUT2D eigenvalue weighted by atomic mass is 35.5. The van der Waals surface area contributed by atoms with Gasteiger partial charge in [0.15, 0.2) is 0 Å². The Hall–Kier alpha value is -2.68. The summed E-state index contributed by atoms with van der Waals surface area (Å²) in [6, 6.07) is 5.33. The molecule has 4 heterocycles. The zero-order valence-corrected chi connectivity index (χ0v) is 20.5. The number of halogens is 1. The minimum Gasteiger partial charge on any atom is -0.461 e. The first-order chi connectivity index (χ1) is 16.8. The van der Waals surface area contributed by atoms with Crippen molar-refractivity contribution in [3.63, 3.8) is 0 Å². The number of benzene rings is 1. The third-order valence-corrected chi connectivity index (χ3v) is 8.17. The van der Waals surface area contributed by atoms with Gasteiger partial charge in [0, 0.05) is 6.54 Å². The van der Waals surface area contributed by atoms with Crippen molar-refractivity contribution in [2.75, 3.05) is 24.7 Å². The van der Waals surface area contributed by atoms with E-state index in [0.717, 1.165) is 0 Å². The number of aliphatic hydroxyl groups excluding tert-OH is 1. The van der Waals surface area contributed by atoms with Gasteiger partial charge in [0.2, 0.25) is 5.91 Å². The maximum absolute atomic E-state index is 14.3. The van der Waals surface area contributed by atoms with Crippen LogP contribution in [0.1, 0.15) is 26.7 Å². The highest BCUT2D eigenvalue weighted by Gasteiger charge is 2.76. The van der Waals surface area contributed by atoms with Gasteiger partial charge in [0.05, 0.1) is 29.3 Å². The number of hydrogen-bond acceptors (Lipinski definition) is 6. The van der Waals surface area contributed by atoms with Gasteiger partial charge in [0.1, 0.15) is 29.8 Å². The van der Waals surface area contributed by atoms with Crippen molar-refractivity contribution in [3.05, 3.63) is 53.6 Å². The van der Waals surface area contributed by atoms with E-state index < -0.39 is 41.1 Å². The number of ether oxygens (including phenoxy) is 2. The number of hydrogen-bond donors (Lipinski definition) is 1. The first kappa shape index (κ1) is 24.0. The van der Waals surface area contributed by atoms with Gasteiger partial charge < -0.3 is 24.4 Å². The van der Waals surface area contributed by atoms with Crippen molar-refractivity contribution in [1.82, 2.24) is 4.90 Å². The Bertz CT molecular complexity index is 1120. The van der Waals surface area contributed by atoms with Gasteiger partial charge in [-0.2, -0.15) is 0 Å². The summed E-state index contributed by atoms with van der Waals surface area (Å²) in [7, 11) is 0.